The van der Waals surface area contributed by atoms with Crippen molar-refractivity contribution in [2.24, 2.45) is 5.41 Å². The molecule has 2 fully saturated rings. The summed E-state index contributed by atoms with van der Waals surface area (Å²) >= 11 is 0. The van der Waals surface area contributed by atoms with Crippen LogP contribution < -0.4 is 0 Å². The van der Waals surface area contributed by atoms with Gasteiger partial charge in [-0.15, -0.1) is 0 Å². The van der Waals surface area contributed by atoms with Gasteiger partial charge in [-0.2, -0.15) is 0 Å². The van der Waals surface area contributed by atoms with Crippen LogP contribution in [0, 0.1) is 5.41 Å². The van der Waals surface area contributed by atoms with Crippen LogP contribution in [0.2, 0.25) is 0 Å². The minimum Gasteiger partial charge on any atom is -0.465 e. The summed E-state index contributed by atoms with van der Waals surface area (Å²) in [5.74, 6) is -0.533. The van der Waals surface area contributed by atoms with Gasteiger partial charge in [-0.25, -0.2) is 0 Å². The molecule has 0 aromatic carbocycles. The molecule has 0 atom stereocenters. The van der Waals surface area contributed by atoms with Crippen LogP contribution in [0.4, 0.5) is 0 Å². The molecule has 126 valence electrons. The predicted octanol–water partition coefficient (Wildman–Crippen LogP) is 2.53. The molecule has 1 aliphatic heterocycles. The zero-order chi connectivity index (χ0) is 16.0. The maximum Gasteiger partial charge on any atom is 0.302 e. The summed E-state index contributed by atoms with van der Waals surface area (Å²) in [6.07, 6.45) is 8.50. The molecule has 0 N–H and O–H groups in total. The zero-order valence-electron chi connectivity index (χ0n) is 13.9. The Hall–Kier alpha value is -1.10. The number of rotatable bonds is 5. The number of likely N-dealkylation sites (tertiary alicyclic amines) is 1. The van der Waals surface area contributed by atoms with Crippen molar-refractivity contribution < 1.29 is 19.1 Å². The van der Waals surface area contributed by atoms with Crippen molar-refractivity contribution in [3.8, 4) is 0 Å². The fourth-order valence-corrected chi connectivity index (χ4v) is 3.65. The lowest BCUT2D eigenvalue weighted by atomic mass is 9.78. The highest BCUT2D eigenvalue weighted by Crippen LogP contribution is 2.35. The summed E-state index contributed by atoms with van der Waals surface area (Å²) in [7, 11) is 0. The van der Waals surface area contributed by atoms with Crippen LogP contribution in [0.15, 0.2) is 0 Å². The van der Waals surface area contributed by atoms with Gasteiger partial charge in [0.25, 0.3) is 0 Å². The van der Waals surface area contributed by atoms with Crippen LogP contribution in [0.25, 0.3) is 0 Å². The molecule has 2 rings (SSSR count). The molecule has 0 aromatic heterocycles. The average molecular weight is 311 g/mol. The molecule has 1 aliphatic carbocycles. The Balaban J connectivity index is 1.90. The van der Waals surface area contributed by atoms with Crippen molar-refractivity contribution in [3.05, 3.63) is 0 Å². The lowest BCUT2D eigenvalue weighted by Crippen LogP contribution is -2.49. The topological polar surface area (TPSA) is 55.8 Å². The minimum atomic E-state index is -0.267. The van der Waals surface area contributed by atoms with Crippen LogP contribution in [0.3, 0.4) is 0 Å². The first-order valence-corrected chi connectivity index (χ1v) is 8.52. The Morgan fingerprint density at radius 1 is 0.955 bits per heavy atom. The maximum absolute atomic E-state index is 11.1. The van der Waals surface area contributed by atoms with Gasteiger partial charge in [0, 0.05) is 25.3 Å². The van der Waals surface area contributed by atoms with Gasteiger partial charge in [0.2, 0.25) is 0 Å². The van der Waals surface area contributed by atoms with E-state index >= 15 is 0 Å². The van der Waals surface area contributed by atoms with Crippen molar-refractivity contribution in [1.29, 1.82) is 0 Å². The third-order valence-electron chi connectivity index (χ3n) is 5.11. The van der Waals surface area contributed by atoms with Gasteiger partial charge in [0.15, 0.2) is 0 Å². The van der Waals surface area contributed by atoms with Crippen LogP contribution in [-0.4, -0.2) is 49.2 Å². The largest absolute Gasteiger partial charge is 0.465 e. The number of piperidine rings is 1. The first-order chi connectivity index (χ1) is 10.5. The van der Waals surface area contributed by atoms with Gasteiger partial charge in [-0.05, 0) is 38.8 Å². The molecular formula is C17H29NO4. The second kappa shape index (κ2) is 7.95. The molecule has 0 unspecified atom stereocenters. The van der Waals surface area contributed by atoms with E-state index in [0.717, 1.165) is 25.9 Å². The summed E-state index contributed by atoms with van der Waals surface area (Å²) in [6, 6.07) is 0.717. The highest BCUT2D eigenvalue weighted by atomic mass is 16.5. The van der Waals surface area contributed by atoms with Crippen molar-refractivity contribution in [2.45, 2.75) is 64.8 Å². The van der Waals surface area contributed by atoms with Crippen LogP contribution in [-0.2, 0) is 19.1 Å². The Bertz CT molecular complexity index is 362. The van der Waals surface area contributed by atoms with E-state index in [1.165, 1.54) is 46.0 Å². The number of esters is 2. The zero-order valence-corrected chi connectivity index (χ0v) is 13.9. The number of hydrogen-bond acceptors (Lipinski definition) is 5. The van der Waals surface area contributed by atoms with E-state index in [1.807, 2.05) is 0 Å². The van der Waals surface area contributed by atoms with Gasteiger partial charge in [-0.3, -0.25) is 9.59 Å². The van der Waals surface area contributed by atoms with E-state index in [0.29, 0.717) is 19.3 Å². The summed E-state index contributed by atoms with van der Waals surface area (Å²) in [4.78, 5) is 24.9. The fourth-order valence-electron chi connectivity index (χ4n) is 3.65. The summed E-state index contributed by atoms with van der Waals surface area (Å²) in [5, 5.41) is 0. The molecule has 0 radical (unpaired) electrons. The monoisotopic (exact) mass is 311 g/mol. The smallest absolute Gasteiger partial charge is 0.302 e. The SMILES string of the molecule is CC(=O)OCC1(COC(C)=O)CCN(C2CCCCC2)CC1. The number of hydrogen-bond donors (Lipinski definition) is 0. The Labute approximate surface area is 133 Å². The Morgan fingerprint density at radius 3 is 1.91 bits per heavy atom. The standard InChI is InChI=1S/C17H29NO4/c1-14(19)21-12-17(13-22-15(2)20)8-10-18(11-9-17)16-6-4-3-5-7-16/h16H,3-13H2,1-2H3. The van der Waals surface area contributed by atoms with E-state index in [-0.39, 0.29) is 17.4 Å². The van der Waals surface area contributed by atoms with Crippen molar-refractivity contribution >= 4 is 11.9 Å². The second-order valence-electron chi connectivity index (χ2n) is 6.89. The molecule has 0 spiro atoms. The third kappa shape index (κ3) is 4.97. The Morgan fingerprint density at radius 2 is 1.45 bits per heavy atom. The predicted molar refractivity (Wildman–Crippen MR) is 83.4 cm³/mol. The highest BCUT2D eigenvalue weighted by molar-refractivity contribution is 5.66. The van der Waals surface area contributed by atoms with Crippen LogP contribution in [0.1, 0.15) is 58.8 Å². The van der Waals surface area contributed by atoms with Crippen molar-refractivity contribution in [3.63, 3.8) is 0 Å². The molecule has 0 aromatic rings. The van der Waals surface area contributed by atoms with E-state index in [2.05, 4.69) is 4.90 Å². The summed E-state index contributed by atoms with van der Waals surface area (Å²) in [5.41, 5.74) is -0.206. The van der Waals surface area contributed by atoms with Gasteiger partial charge in [0.05, 0.1) is 0 Å². The normalized spacial score (nSPS) is 23.0. The summed E-state index contributed by atoms with van der Waals surface area (Å²) < 4.78 is 10.5. The van der Waals surface area contributed by atoms with Crippen LogP contribution in [0.5, 0.6) is 0 Å². The molecule has 2 aliphatic rings. The second-order valence-corrected chi connectivity index (χ2v) is 6.89. The summed E-state index contributed by atoms with van der Waals surface area (Å²) in [6.45, 7) is 5.58. The number of carbonyl (C=O) groups excluding carboxylic acids is 2. The number of nitrogens with zero attached hydrogens (tertiary/aromatic N) is 1. The van der Waals surface area contributed by atoms with E-state index < -0.39 is 0 Å². The Kier molecular flexibility index (Phi) is 6.24. The van der Waals surface area contributed by atoms with Gasteiger partial charge in [0.1, 0.15) is 13.2 Å². The molecule has 22 heavy (non-hydrogen) atoms. The van der Waals surface area contributed by atoms with E-state index in [4.69, 9.17) is 9.47 Å². The fraction of sp³-hybridized carbons (Fsp3) is 0.882. The molecule has 1 saturated carbocycles. The third-order valence-corrected chi connectivity index (χ3v) is 5.11. The molecule has 0 amide bonds. The van der Waals surface area contributed by atoms with E-state index in [1.54, 1.807) is 0 Å². The number of ether oxygens (including phenoxy) is 2. The lowest BCUT2D eigenvalue weighted by Gasteiger charge is -2.44. The average Bonchev–Trinajstić information content (AvgIpc) is 2.53. The molecule has 1 saturated heterocycles. The highest BCUT2D eigenvalue weighted by Gasteiger charge is 2.38. The van der Waals surface area contributed by atoms with Gasteiger partial charge >= 0.3 is 11.9 Å². The minimum absolute atomic E-state index is 0.206. The molecule has 0 bridgehead atoms. The van der Waals surface area contributed by atoms with E-state index in [9.17, 15) is 9.59 Å². The molecule has 1 heterocycles. The van der Waals surface area contributed by atoms with Crippen LogP contribution >= 0.6 is 0 Å². The lowest BCUT2D eigenvalue weighted by molar-refractivity contribution is -0.154. The van der Waals surface area contributed by atoms with Crippen molar-refractivity contribution in [2.75, 3.05) is 26.3 Å². The molecule has 5 heteroatoms. The molecule has 5 nitrogen and oxygen atoms in total. The van der Waals surface area contributed by atoms with Gasteiger partial charge < -0.3 is 14.4 Å². The van der Waals surface area contributed by atoms with Crippen molar-refractivity contribution in [1.82, 2.24) is 4.90 Å². The molecular weight excluding hydrogens is 282 g/mol. The van der Waals surface area contributed by atoms with Gasteiger partial charge in [-0.1, -0.05) is 19.3 Å². The quantitative estimate of drug-likeness (QED) is 0.730. The number of carbonyl (C=O) groups is 2. The first-order valence-electron chi connectivity index (χ1n) is 8.52. The first kappa shape index (κ1) is 17.3. The maximum atomic E-state index is 11.1.